The molecule has 3 N–H and O–H groups in total. The van der Waals surface area contributed by atoms with Crippen LogP contribution in [0, 0.1) is 0 Å². The molecule has 0 saturated carbocycles. The Bertz CT molecular complexity index is 1200. The number of carbonyl (C=O) groups is 1. The van der Waals surface area contributed by atoms with Crippen molar-refractivity contribution in [3.05, 3.63) is 63.6 Å². The molecule has 4 aromatic rings. The van der Waals surface area contributed by atoms with E-state index in [-0.39, 0.29) is 0 Å². The number of aromatic nitrogens is 4. The molecule has 0 atom stereocenters. The molecule has 0 radical (unpaired) electrons. The second-order valence-corrected chi connectivity index (χ2v) is 7.72. The van der Waals surface area contributed by atoms with Crippen molar-refractivity contribution >= 4 is 34.0 Å². The summed E-state index contributed by atoms with van der Waals surface area (Å²) in [5.74, 6) is 0.726. The minimum Gasteiger partial charge on any atom is -0.375 e. The maximum absolute atomic E-state index is 11.7. The van der Waals surface area contributed by atoms with Crippen LogP contribution >= 0.6 is 11.3 Å². The second kappa shape index (κ2) is 7.26. The number of carbonyl (C=O) groups excluding carboxylic acids is 1. The Labute approximate surface area is 170 Å². The van der Waals surface area contributed by atoms with Crippen molar-refractivity contribution in [1.29, 1.82) is 0 Å². The molecule has 1 aliphatic rings. The maximum Gasteiger partial charge on any atom is 0.253 e. The normalized spacial score (nSPS) is 13.4. The lowest BCUT2D eigenvalue weighted by Gasteiger charge is -2.20. The third-order valence-corrected chi connectivity index (χ3v) is 5.77. The van der Waals surface area contributed by atoms with E-state index < -0.39 is 5.91 Å². The fourth-order valence-electron chi connectivity index (χ4n) is 3.49. The standard InChI is InChI=1S/C20H18N6O2S/c21-18(27)13-4-1-5-17-15(13)10-23-26(17)20-24-16-11-28-7-6-14(16)19(25-20)22-9-12-3-2-8-29-12/h1-5,8,10H,6-7,9,11H2,(H2,21,27)(H,22,24,25). The Morgan fingerprint density at radius 3 is 3.03 bits per heavy atom. The van der Waals surface area contributed by atoms with Gasteiger partial charge in [-0.3, -0.25) is 4.79 Å². The molecule has 0 bridgehead atoms. The summed E-state index contributed by atoms with van der Waals surface area (Å²) >= 11 is 1.70. The van der Waals surface area contributed by atoms with Crippen LogP contribution in [0.1, 0.15) is 26.5 Å². The highest BCUT2D eigenvalue weighted by Gasteiger charge is 2.21. The highest BCUT2D eigenvalue weighted by Crippen LogP contribution is 2.26. The number of nitrogens with one attached hydrogen (secondary N) is 1. The molecule has 8 nitrogen and oxygen atoms in total. The van der Waals surface area contributed by atoms with Crippen molar-refractivity contribution in [2.24, 2.45) is 5.73 Å². The first kappa shape index (κ1) is 17.8. The van der Waals surface area contributed by atoms with Gasteiger partial charge in [-0.15, -0.1) is 11.3 Å². The van der Waals surface area contributed by atoms with E-state index in [2.05, 4.69) is 21.9 Å². The zero-order valence-corrected chi connectivity index (χ0v) is 16.3. The number of nitrogens with zero attached hydrogens (tertiary/aromatic N) is 4. The molecule has 0 unspecified atom stereocenters. The first-order valence-corrected chi connectivity index (χ1v) is 10.1. The van der Waals surface area contributed by atoms with Crippen molar-refractivity contribution < 1.29 is 9.53 Å². The lowest BCUT2D eigenvalue weighted by molar-refractivity contribution is 0.100. The summed E-state index contributed by atoms with van der Waals surface area (Å²) in [4.78, 5) is 22.4. The van der Waals surface area contributed by atoms with E-state index in [0.29, 0.717) is 36.7 Å². The fraction of sp³-hybridized carbons (Fsp3) is 0.200. The first-order chi connectivity index (χ1) is 14.2. The summed E-state index contributed by atoms with van der Waals surface area (Å²) in [5.41, 5.74) is 8.57. The van der Waals surface area contributed by atoms with Crippen LogP contribution in [0.4, 0.5) is 5.82 Å². The van der Waals surface area contributed by atoms with Gasteiger partial charge in [0.2, 0.25) is 5.91 Å². The van der Waals surface area contributed by atoms with E-state index in [1.54, 1.807) is 34.3 Å². The zero-order chi connectivity index (χ0) is 19.8. The number of amides is 1. The number of fused-ring (bicyclic) bond motifs is 2. The molecule has 0 spiro atoms. The maximum atomic E-state index is 11.7. The molecular weight excluding hydrogens is 388 g/mol. The fourth-order valence-corrected chi connectivity index (χ4v) is 4.14. The van der Waals surface area contributed by atoms with E-state index in [0.717, 1.165) is 29.0 Å². The number of thiophene rings is 1. The van der Waals surface area contributed by atoms with E-state index in [1.807, 2.05) is 12.1 Å². The van der Waals surface area contributed by atoms with E-state index in [9.17, 15) is 4.79 Å². The van der Waals surface area contributed by atoms with Gasteiger partial charge in [0, 0.05) is 22.2 Å². The molecule has 1 aliphatic heterocycles. The van der Waals surface area contributed by atoms with E-state index in [4.69, 9.17) is 20.4 Å². The summed E-state index contributed by atoms with van der Waals surface area (Å²) in [6, 6.07) is 9.45. The van der Waals surface area contributed by atoms with Gasteiger partial charge in [-0.1, -0.05) is 12.1 Å². The lowest BCUT2D eigenvalue weighted by Crippen LogP contribution is -2.19. The Kier molecular flexibility index (Phi) is 4.45. The molecule has 146 valence electrons. The SMILES string of the molecule is NC(=O)c1cccc2c1cnn2-c1nc2c(c(NCc3cccs3)n1)CCOC2. The molecule has 1 amide bonds. The highest BCUT2D eigenvalue weighted by atomic mass is 32.1. The van der Waals surface area contributed by atoms with Crippen LogP contribution in [-0.4, -0.2) is 32.3 Å². The predicted molar refractivity (Wildman–Crippen MR) is 110 cm³/mol. The topological polar surface area (TPSA) is 108 Å². The van der Waals surface area contributed by atoms with Crippen LogP contribution in [0.15, 0.2) is 41.9 Å². The molecule has 5 rings (SSSR count). The van der Waals surface area contributed by atoms with Crippen molar-refractivity contribution in [3.63, 3.8) is 0 Å². The number of rotatable bonds is 5. The van der Waals surface area contributed by atoms with Gasteiger partial charge in [-0.2, -0.15) is 14.8 Å². The van der Waals surface area contributed by atoms with Crippen LogP contribution < -0.4 is 11.1 Å². The van der Waals surface area contributed by atoms with E-state index in [1.165, 1.54) is 4.88 Å². The van der Waals surface area contributed by atoms with Gasteiger partial charge in [-0.25, -0.2) is 4.98 Å². The van der Waals surface area contributed by atoms with Gasteiger partial charge in [0.15, 0.2) is 0 Å². The zero-order valence-electron chi connectivity index (χ0n) is 15.5. The third-order valence-electron chi connectivity index (χ3n) is 4.89. The van der Waals surface area contributed by atoms with Gasteiger partial charge >= 0.3 is 0 Å². The summed E-state index contributed by atoms with van der Waals surface area (Å²) in [7, 11) is 0. The van der Waals surface area contributed by atoms with Crippen LogP contribution in [0.2, 0.25) is 0 Å². The molecular formula is C20H18N6O2S. The molecule has 9 heteroatoms. The number of nitrogens with two attached hydrogens (primary N) is 1. The quantitative estimate of drug-likeness (QED) is 0.528. The van der Waals surface area contributed by atoms with Gasteiger partial charge < -0.3 is 15.8 Å². The summed E-state index contributed by atoms with van der Waals surface area (Å²) in [6.07, 6.45) is 2.38. The average molecular weight is 406 g/mol. The lowest BCUT2D eigenvalue weighted by atomic mass is 10.1. The number of hydrogen-bond acceptors (Lipinski definition) is 7. The third kappa shape index (κ3) is 3.24. The van der Waals surface area contributed by atoms with Crippen molar-refractivity contribution in [2.75, 3.05) is 11.9 Å². The van der Waals surface area contributed by atoms with Gasteiger partial charge in [0.05, 0.1) is 42.7 Å². The largest absolute Gasteiger partial charge is 0.375 e. The van der Waals surface area contributed by atoms with Gasteiger partial charge in [0.1, 0.15) is 5.82 Å². The number of primary amides is 1. The number of benzene rings is 1. The minimum atomic E-state index is -0.492. The molecule has 0 aliphatic carbocycles. The molecule has 0 fully saturated rings. The summed E-state index contributed by atoms with van der Waals surface area (Å²) in [6.45, 7) is 1.77. The van der Waals surface area contributed by atoms with Crippen molar-refractivity contribution in [2.45, 2.75) is 19.6 Å². The van der Waals surface area contributed by atoms with Gasteiger partial charge in [-0.05, 0) is 23.6 Å². The monoisotopic (exact) mass is 406 g/mol. The molecule has 29 heavy (non-hydrogen) atoms. The summed E-state index contributed by atoms with van der Waals surface area (Å²) in [5, 5.41) is 10.6. The highest BCUT2D eigenvalue weighted by molar-refractivity contribution is 7.09. The molecule has 1 aromatic carbocycles. The number of ether oxygens (including phenoxy) is 1. The summed E-state index contributed by atoms with van der Waals surface area (Å²) < 4.78 is 7.24. The Hall–Kier alpha value is -3.30. The number of anilines is 1. The van der Waals surface area contributed by atoms with Crippen LogP contribution in [0.5, 0.6) is 0 Å². The first-order valence-electron chi connectivity index (χ1n) is 9.21. The second-order valence-electron chi connectivity index (χ2n) is 6.69. The van der Waals surface area contributed by atoms with Crippen molar-refractivity contribution in [3.8, 4) is 5.95 Å². The van der Waals surface area contributed by atoms with Gasteiger partial charge in [0.25, 0.3) is 5.95 Å². The van der Waals surface area contributed by atoms with E-state index >= 15 is 0 Å². The smallest absolute Gasteiger partial charge is 0.253 e. The Balaban J connectivity index is 1.60. The number of hydrogen-bond donors (Lipinski definition) is 2. The van der Waals surface area contributed by atoms with Crippen LogP contribution in [-0.2, 0) is 24.3 Å². The molecule has 0 saturated heterocycles. The van der Waals surface area contributed by atoms with Crippen LogP contribution in [0.25, 0.3) is 16.9 Å². The molecule has 3 aromatic heterocycles. The average Bonchev–Trinajstić information content (AvgIpc) is 3.41. The predicted octanol–water partition coefficient (Wildman–Crippen LogP) is 2.66. The van der Waals surface area contributed by atoms with Crippen molar-refractivity contribution in [1.82, 2.24) is 19.7 Å². The van der Waals surface area contributed by atoms with Crippen LogP contribution in [0.3, 0.4) is 0 Å². The Morgan fingerprint density at radius 1 is 1.28 bits per heavy atom. The molecule has 4 heterocycles. The minimum absolute atomic E-state index is 0.422. The Morgan fingerprint density at radius 2 is 2.21 bits per heavy atom.